The summed E-state index contributed by atoms with van der Waals surface area (Å²) in [7, 11) is 2.11. The third kappa shape index (κ3) is 17.7. The van der Waals surface area contributed by atoms with E-state index in [-0.39, 0.29) is 108 Å². The van der Waals surface area contributed by atoms with Crippen molar-refractivity contribution in [3.63, 3.8) is 0 Å². The van der Waals surface area contributed by atoms with Gasteiger partial charge in [0, 0.05) is 120 Å². The molecular weight excluding hydrogens is 1790 g/mol. The van der Waals surface area contributed by atoms with Crippen molar-refractivity contribution >= 4 is 149 Å². The lowest BCUT2D eigenvalue weighted by Gasteiger charge is -2.37. The van der Waals surface area contributed by atoms with Gasteiger partial charge >= 0.3 is 5.97 Å². The van der Waals surface area contributed by atoms with Crippen molar-refractivity contribution in [2.24, 2.45) is 0 Å². The van der Waals surface area contributed by atoms with Gasteiger partial charge < -0.3 is 68.1 Å². The number of anilines is 1. The number of carbonyl (C=O) groups excluding carboxylic acids is 10. The van der Waals surface area contributed by atoms with Gasteiger partial charge in [0.25, 0.3) is 0 Å². The SMILES string of the molecule is C[N+]1=C(C=CC=CC=CC=C2N(CCCCCC(=O)N3CCCC3C(=O)N3CCCC3C(=O)N3CCCC3C(=O)N3CCCC3C(=O)N3CCCC3C(=O)N3CCCC3C(=O)N3CCCC3C(=O)N3CCCC3C(=O)N3CCCC3C(=O)N3CCCC3C(=O)O)c3ccc(S(=O)O)cc3C2(C)CCCCS(=O)O)C(C)(C)c2c(I)cc(I)cc21. The maximum Gasteiger partial charge on any atom is 0.326 e. The normalized spacial score (nSPS) is 28.3. The van der Waals surface area contributed by atoms with E-state index in [1.807, 2.05) is 30.4 Å². The average molecular weight is 1900 g/mol. The molecule has 0 radical (unpaired) electrons. The Balaban J connectivity index is 0.573. The number of aliphatic carboxylic acids is 1. The lowest BCUT2D eigenvalue weighted by atomic mass is 9.77. The molecule has 12 aliphatic heterocycles. The van der Waals surface area contributed by atoms with Gasteiger partial charge in [-0.2, -0.15) is 4.58 Å². The van der Waals surface area contributed by atoms with Crippen LogP contribution in [0.15, 0.2) is 83.5 Å². The molecule has 0 spiro atoms. The van der Waals surface area contributed by atoms with Crippen LogP contribution in [0.3, 0.4) is 0 Å². The summed E-state index contributed by atoms with van der Waals surface area (Å²) in [6, 6.07) is 1.23. The molecule has 12 heterocycles. The number of hydrogen-bond donors (Lipinski definition) is 3. The van der Waals surface area contributed by atoms with E-state index in [1.54, 1.807) is 51.3 Å². The van der Waals surface area contributed by atoms with Crippen molar-refractivity contribution in [1.29, 1.82) is 0 Å². The minimum atomic E-state index is -2.24. The Kier molecular flexibility index (Phi) is 28.0. The van der Waals surface area contributed by atoms with Gasteiger partial charge in [0.15, 0.2) is 27.9 Å². The van der Waals surface area contributed by atoms with E-state index >= 15 is 14.4 Å². The molecule has 28 nitrogen and oxygen atoms in total. The molecule has 0 bridgehead atoms. The second-order valence-corrected chi connectivity index (χ2v) is 39.5. The van der Waals surface area contributed by atoms with Crippen LogP contribution >= 0.6 is 45.2 Å². The Morgan fingerprint density at radius 3 is 1.23 bits per heavy atom. The first kappa shape index (κ1) is 88.0. The molecule has 0 aromatic heterocycles. The average Bonchev–Trinajstić information content (AvgIpc) is 1.59. The second kappa shape index (κ2) is 37.8. The zero-order chi connectivity index (χ0) is 84.5. The lowest BCUT2D eigenvalue weighted by Crippen LogP contribution is -2.59. The third-order valence-corrected chi connectivity index (χ3v) is 30.4. The van der Waals surface area contributed by atoms with Crippen LogP contribution in [0.25, 0.3) is 0 Å². The molecule has 14 rings (SSSR count). The standard InChI is InChI=1S/C87H114I2N12O16S2/c1-86(2)72(90(4)71-54-56(88)53-59(89)75(71)86)35-9-6-5-7-10-36-73-87(3,40-12-14-52-118(114)115)58-55-57(119(116)117)38-39-60(58)91(73)41-13-8-11-37-74(102)92-42-15-25-61(92)76(103)93-43-16-26-62(93)77(104)94-44-17-27-63(94)78(105)95-45-18-28-64(95)79(106)96-46-19-29-65(96)80(107)97-47-20-30-66(97)81(108)98-48-21-31-67(98)82(109)99-49-22-32-68(99)83(110)100-50-23-33-69(100)84(111)101-51-24-34-70(101)85(112)113/h5-7,9-10,35-36,38-39,53-55,61-70H,8,11-34,37,40-52H2,1-4H3,(H2-,112,113,114,115,116,117)/p+1. The minimum Gasteiger partial charge on any atom is -0.480 e. The number of fused-ring (bicyclic) bond motifs is 2. The van der Waals surface area contributed by atoms with Crippen LogP contribution in [0.4, 0.5) is 11.4 Å². The molecule has 32 heteroatoms. The van der Waals surface area contributed by atoms with Gasteiger partial charge in [-0.1, -0.05) is 43.2 Å². The summed E-state index contributed by atoms with van der Waals surface area (Å²) < 4.78 is 49.1. The van der Waals surface area contributed by atoms with Crippen molar-refractivity contribution in [3.05, 3.63) is 96.8 Å². The van der Waals surface area contributed by atoms with E-state index in [2.05, 4.69) is 113 Å². The minimum absolute atomic E-state index is 0.133. The highest BCUT2D eigenvalue weighted by Crippen LogP contribution is 2.52. The van der Waals surface area contributed by atoms with Gasteiger partial charge in [0.2, 0.25) is 64.8 Å². The fourth-order valence-electron chi connectivity index (χ4n) is 21.8. The number of benzene rings is 2. The number of unbranched alkanes of at least 4 members (excludes halogenated alkanes) is 3. The van der Waals surface area contributed by atoms with Gasteiger partial charge in [0.05, 0.1) is 15.9 Å². The van der Waals surface area contributed by atoms with Crippen LogP contribution in [0.5, 0.6) is 0 Å². The number of nitrogens with zero attached hydrogens (tertiary/aromatic N) is 12. The van der Waals surface area contributed by atoms with E-state index in [1.165, 1.54) is 33.9 Å². The summed E-state index contributed by atoms with van der Waals surface area (Å²) in [4.78, 5) is 177. The van der Waals surface area contributed by atoms with E-state index < -0.39 is 94.0 Å². The molecule has 12 aliphatic rings. The van der Waals surface area contributed by atoms with Crippen molar-refractivity contribution in [3.8, 4) is 0 Å². The first-order valence-corrected chi connectivity index (χ1v) is 47.9. The van der Waals surface area contributed by atoms with E-state index in [4.69, 9.17) is 0 Å². The van der Waals surface area contributed by atoms with E-state index in [0.717, 1.165) is 16.9 Å². The van der Waals surface area contributed by atoms with Crippen LogP contribution in [-0.4, -0.2) is 292 Å². The molecule has 10 amide bonds. The van der Waals surface area contributed by atoms with Crippen molar-refractivity contribution < 1.29 is 79.9 Å². The Hall–Kier alpha value is -7.28. The van der Waals surface area contributed by atoms with Gasteiger partial charge in [-0.3, -0.25) is 47.9 Å². The summed E-state index contributed by atoms with van der Waals surface area (Å²) >= 11 is 0.609. The fraction of sp³-hybridized carbons (Fsp3) is 0.632. The van der Waals surface area contributed by atoms with Gasteiger partial charge in [-0.25, -0.2) is 13.2 Å². The largest absolute Gasteiger partial charge is 0.480 e. The molecule has 10 fully saturated rings. The number of halogens is 2. The van der Waals surface area contributed by atoms with Crippen molar-refractivity contribution in [2.45, 2.75) is 270 Å². The predicted octanol–water partition coefficient (Wildman–Crippen LogP) is 8.76. The summed E-state index contributed by atoms with van der Waals surface area (Å²) in [5.41, 5.74) is 5.65. The quantitative estimate of drug-likeness (QED) is 0.0260. The molecule has 0 saturated carbocycles. The third-order valence-electron chi connectivity index (χ3n) is 27.7. The molecule has 2 aromatic rings. The highest BCUT2D eigenvalue weighted by molar-refractivity contribution is 14.1. The molecule has 13 unspecified atom stereocenters. The van der Waals surface area contributed by atoms with Gasteiger partial charge in [0.1, 0.15) is 67.5 Å². The first-order valence-electron chi connectivity index (χ1n) is 43.3. The Morgan fingerprint density at radius 2 is 0.832 bits per heavy atom. The van der Waals surface area contributed by atoms with Crippen LogP contribution in [-0.2, 0) is 85.7 Å². The first-order chi connectivity index (χ1) is 57.1. The summed E-state index contributed by atoms with van der Waals surface area (Å²) in [6.45, 7) is 10.2. The molecular formula is C87H115I2N12O16S2+. The molecule has 3 N–H and O–H groups in total. The smallest absolute Gasteiger partial charge is 0.326 e. The zero-order valence-corrected chi connectivity index (χ0v) is 74.8. The number of likely N-dealkylation sites (tertiary alicyclic amines) is 10. The topological polar surface area (TPSA) is 321 Å². The summed E-state index contributed by atoms with van der Waals surface area (Å²) in [5, 5.41) is 9.83. The number of amides is 10. The Morgan fingerprint density at radius 1 is 0.462 bits per heavy atom. The maximum absolute atomic E-state index is 15.0. The summed E-state index contributed by atoms with van der Waals surface area (Å²) in [6.07, 6.45) is 27.5. The molecule has 13 atom stereocenters. The number of hydrogen-bond acceptors (Lipinski definition) is 14. The molecule has 2 aromatic carbocycles. The summed E-state index contributed by atoms with van der Waals surface area (Å²) in [5.74, 6) is -4.17. The Labute approximate surface area is 729 Å². The molecule has 10 saturated heterocycles. The number of rotatable bonds is 26. The van der Waals surface area contributed by atoms with E-state index in [9.17, 15) is 61.0 Å². The van der Waals surface area contributed by atoms with Crippen LogP contribution in [0.1, 0.15) is 205 Å². The van der Waals surface area contributed by atoms with Gasteiger partial charge in [-0.05, 0) is 256 Å². The molecule has 0 aliphatic carbocycles. The fourth-order valence-corrected chi connectivity index (χ4v) is 25.1. The molecule has 119 heavy (non-hydrogen) atoms. The number of carbonyl (C=O) groups is 11. The maximum atomic E-state index is 15.0. The predicted molar refractivity (Wildman–Crippen MR) is 464 cm³/mol. The number of allylic oxidation sites excluding steroid dienone is 8. The number of carboxylic acid groups (broad SMARTS) is 1. The van der Waals surface area contributed by atoms with Crippen LogP contribution < -0.4 is 4.90 Å². The highest BCUT2D eigenvalue weighted by Gasteiger charge is 2.54. The van der Waals surface area contributed by atoms with Crippen molar-refractivity contribution in [1.82, 2.24) is 49.0 Å². The Bertz CT molecular complexity index is 4550. The van der Waals surface area contributed by atoms with Crippen LogP contribution in [0, 0.1) is 7.14 Å². The molecule has 644 valence electrons. The number of carboxylic acids is 1. The monoisotopic (exact) mass is 1900 g/mol. The lowest BCUT2D eigenvalue weighted by molar-refractivity contribution is -0.401. The second-order valence-electron chi connectivity index (χ2n) is 35.0. The van der Waals surface area contributed by atoms with Crippen LogP contribution in [0.2, 0.25) is 0 Å². The zero-order valence-electron chi connectivity index (χ0n) is 68.9. The van der Waals surface area contributed by atoms with E-state index in [0.29, 0.717) is 213 Å². The van der Waals surface area contributed by atoms with Gasteiger partial charge in [-0.15, -0.1) is 0 Å². The highest BCUT2D eigenvalue weighted by atomic mass is 127. The van der Waals surface area contributed by atoms with Crippen molar-refractivity contribution in [2.75, 3.05) is 89.7 Å².